The van der Waals surface area contributed by atoms with Crippen molar-refractivity contribution in [1.82, 2.24) is 10.2 Å². The third-order valence-corrected chi connectivity index (χ3v) is 7.27. The number of rotatable bonds is 6. The van der Waals surface area contributed by atoms with E-state index in [9.17, 15) is 22.4 Å². The normalized spacial score (nSPS) is 17.1. The number of hydrogen-bond donors (Lipinski definition) is 2. The number of anilines is 1. The molecule has 0 unspecified atom stereocenters. The maximum absolute atomic E-state index is 13.8. The van der Waals surface area contributed by atoms with E-state index in [2.05, 4.69) is 10.0 Å². The van der Waals surface area contributed by atoms with E-state index in [-0.39, 0.29) is 28.3 Å². The largest absolute Gasteiger partial charge is 0.353 e. The van der Waals surface area contributed by atoms with Gasteiger partial charge in [-0.15, -0.1) is 0 Å². The summed E-state index contributed by atoms with van der Waals surface area (Å²) in [5.41, 5.74) is 0.919. The van der Waals surface area contributed by atoms with E-state index in [1.165, 1.54) is 24.3 Å². The first-order valence-corrected chi connectivity index (χ1v) is 12.2. The fourth-order valence-electron chi connectivity index (χ4n) is 3.74. The maximum atomic E-state index is 13.8. The van der Waals surface area contributed by atoms with Crippen LogP contribution in [0.15, 0.2) is 47.4 Å². The second-order valence-corrected chi connectivity index (χ2v) is 10.1. The molecule has 0 aromatic heterocycles. The Morgan fingerprint density at radius 3 is 2.41 bits per heavy atom. The molecule has 32 heavy (non-hydrogen) atoms. The first kappa shape index (κ1) is 22.3. The number of nitrogens with one attached hydrogen (secondary N) is 2. The molecule has 2 aliphatic rings. The number of hydrogen-bond acceptors (Lipinski definition) is 4. The number of aryl methyl sites for hydroxylation is 1. The number of carbonyl (C=O) groups excluding carboxylic acids is 2. The summed E-state index contributed by atoms with van der Waals surface area (Å²) in [5, 5.41) is 3.02. The second-order valence-electron chi connectivity index (χ2n) is 8.45. The number of carbonyl (C=O) groups is 2. The van der Waals surface area contributed by atoms with Gasteiger partial charge in [0.1, 0.15) is 5.82 Å². The number of amides is 2. The van der Waals surface area contributed by atoms with Crippen LogP contribution in [-0.2, 0) is 14.8 Å². The molecule has 0 spiro atoms. The van der Waals surface area contributed by atoms with Crippen LogP contribution in [0.4, 0.5) is 10.1 Å². The molecule has 0 bridgehead atoms. The van der Waals surface area contributed by atoms with Crippen LogP contribution in [0, 0.1) is 18.7 Å². The first-order valence-electron chi connectivity index (χ1n) is 10.7. The zero-order chi connectivity index (χ0) is 22.9. The summed E-state index contributed by atoms with van der Waals surface area (Å²) in [5.74, 6) is -0.823. The Morgan fingerprint density at radius 2 is 1.75 bits per heavy atom. The van der Waals surface area contributed by atoms with Gasteiger partial charge in [0.15, 0.2) is 0 Å². The smallest absolute Gasteiger partial charge is 0.261 e. The van der Waals surface area contributed by atoms with Gasteiger partial charge in [0.25, 0.3) is 15.9 Å². The Morgan fingerprint density at radius 1 is 1.03 bits per heavy atom. The van der Waals surface area contributed by atoms with Gasteiger partial charge in [-0.25, -0.2) is 12.8 Å². The number of benzene rings is 2. The van der Waals surface area contributed by atoms with Crippen LogP contribution in [0.3, 0.4) is 0 Å². The quantitative estimate of drug-likeness (QED) is 0.694. The van der Waals surface area contributed by atoms with Gasteiger partial charge < -0.3 is 10.2 Å². The summed E-state index contributed by atoms with van der Waals surface area (Å²) in [7, 11) is -4.00. The predicted molar refractivity (Wildman–Crippen MR) is 118 cm³/mol. The summed E-state index contributed by atoms with van der Waals surface area (Å²) in [6.07, 6.45) is 3.30. The van der Waals surface area contributed by atoms with Crippen molar-refractivity contribution in [2.24, 2.45) is 5.92 Å². The van der Waals surface area contributed by atoms with E-state index in [0.717, 1.165) is 18.9 Å². The molecule has 2 fully saturated rings. The van der Waals surface area contributed by atoms with Gasteiger partial charge in [0, 0.05) is 36.3 Å². The summed E-state index contributed by atoms with van der Waals surface area (Å²) < 4.78 is 41.4. The van der Waals surface area contributed by atoms with Gasteiger partial charge in [-0.1, -0.05) is 12.1 Å². The minimum Gasteiger partial charge on any atom is -0.353 e. The SMILES string of the molecule is Cc1ccc(S(=O)(=O)Nc2cccc(C(=O)N3CCC(C(=O)NC4CC4)CC3)c2)cc1F. The molecule has 2 aromatic carbocycles. The Labute approximate surface area is 187 Å². The van der Waals surface area contributed by atoms with Gasteiger partial charge in [-0.2, -0.15) is 0 Å². The summed E-state index contributed by atoms with van der Waals surface area (Å²) in [4.78, 5) is 26.7. The molecule has 4 rings (SSSR count). The zero-order valence-corrected chi connectivity index (χ0v) is 18.6. The van der Waals surface area contributed by atoms with E-state index in [4.69, 9.17) is 0 Å². The monoisotopic (exact) mass is 459 g/mol. The Bertz CT molecular complexity index is 1140. The van der Waals surface area contributed by atoms with Crippen LogP contribution in [0.1, 0.15) is 41.6 Å². The molecule has 1 saturated carbocycles. The highest BCUT2D eigenvalue weighted by molar-refractivity contribution is 7.92. The van der Waals surface area contributed by atoms with Crippen LogP contribution in [0.2, 0.25) is 0 Å². The average Bonchev–Trinajstić information content (AvgIpc) is 3.59. The molecule has 9 heteroatoms. The fraction of sp³-hybridized carbons (Fsp3) is 0.391. The highest BCUT2D eigenvalue weighted by atomic mass is 32.2. The van der Waals surface area contributed by atoms with E-state index < -0.39 is 15.8 Å². The molecule has 2 aromatic rings. The van der Waals surface area contributed by atoms with Crippen molar-refractivity contribution in [3.63, 3.8) is 0 Å². The molecular weight excluding hydrogens is 433 g/mol. The molecule has 2 amide bonds. The lowest BCUT2D eigenvalue weighted by atomic mass is 9.95. The molecule has 1 saturated heterocycles. The molecule has 0 radical (unpaired) electrons. The Hall–Kier alpha value is -2.94. The van der Waals surface area contributed by atoms with Crippen molar-refractivity contribution in [3.05, 3.63) is 59.4 Å². The number of halogens is 1. The molecule has 170 valence electrons. The Balaban J connectivity index is 1.40. The molecule has 1 aliphatic carbocycles. The predicted octanol–water partition coefficient (Wildman–Crippen LogP) is 3.07. The molecule has 0 atom stereocenters. The van der Waals surface area contributed by atoms with E-state index in [1.807, 2.05) is 0 Å². The summed E-state index contributed by atoms with van der Waals surface area (Å²) >= 11 is 0. The van der Waals surface area contributed by atoms with Crippen LogP contribution in [0.5, 0.6) is 0 Å². The van der Waals surface area contributed by atoms with E-state index >= 15 is 0 Å². The topological polar surface area (TPSA) is 95.6 Å². The third kappa shape index (κ3) is 5.09. The van der Waals surface area contributed by atoms with E-state index in [0.29, 0.717) is 43.1 Å². The van der Waals surface area contributed by atoms with Crippen LogP contribution in [-0.4, -0.2) is 44.3 Å². The van der Waals surface area contributed by atoms with Crippen molar-refractivity contribution >= 4 is 27.5 Å². The third-order valence-electron chi connectivity index (χ3n) is 5.89. The lowest BCUT2D eigenvalue weighted by Crippen LogP contribution is -2.43. The number of piperidine rings is 1. The molecular formula is C23H26FN3O4S. The average molecular weight is 460 g/mol. The number of likely N-dealkylation sites (tertiary alicyclic amines) is 1. The van der Waals surface area contributed by atoms with Crippen LogP contribution in [0.25, 0.3) is 0 Å². The number of nitrogens with zero attached hydrogens (tertiary/aromatic N) is 1. The first-order chi connectivity index (χ1) is 15.2. The standard InChI is InChI=1S/C23H26FN3O4S/c1-15-5-8-20(14-21(15)24)32(30,31)26-19-4-2-3-17(13-19)23(29)27-11-9-16(10-12-27)22(28)25-18-6-7-18/h2-5,8,13-14,16,18,26H,6-7,9-12H2,1H3,(H,25,28). The molecule has 7 nitrogen and oxygen atoms in total. The van der Waals surface area contributed by atoms with E-state index in [1.54, 1.807) is 24.0 Å². The maximum Gasteiger partial charge on any atom is 0.261 e. The van der Waals surface area contributed by atoms with Crippen molar-refractivity contribution < 1.29 is 22.4 Å². The van der Waals surface area contributed by atoms with Crippen LogP contribution < -0.4 is 10.0 Å². The lowest BCUT2D eigenvalue weighted by Gasteiger charge is -2.31. The minimum absolute atomic E-state index is 0.0727. The van der Waals surface area contributed by atoms with Crippen molar-refractivity contribution in [2.75, 3.05) is 17.8 Å². The minimum atomic E-state index is -4.00. The van der Waals surface area contributed by atoms with Crippen molar-refractivity contribution in [2.45, 2.75) is 43.5 Å². The number of sulfonamides is 1. The zero-order valence-electron chi connectivity index (χ0n) is 17.8. The van der Waals surface area contributed by atoms with Gasteiger partial charge in [-0.05, 0) is 68.5 Å². The van der Waals surface area contributed by atoms with Gasteiger partial charge in [0.05, 0.1) is 4.90 Å². The summed E-state index contributed by atoms with van der Waals surface area (Å²) in [6, 6.07) is 10.2. The molecule has 1 aliphatic heterocycles. The lowest BCUT2D eigenvalue weighted by molar-refractivity contribution is -0.126. The van der Waals surface area contributed by atoms with Crippen LogP contribution >= 0.6 is 0 Å². The van der Waals surface area contributed by atoms with Crippen molar-refractivity contribution in [3.8, 4) is 0 Å². The fourth-order valence-corrected chi connectivity index (χ4v) is 4.81. The van der Waals surface area contributed by atoms with Gasteiger partial charge in [-0.3, -0.25) is 14.3 Å². The second kappa shape index (κ2) is 8.90. The summed E-state index contributed by atoms with van der Waals surface area (Å²) in [6.45, 7) is 2.50. The highest BCUT2D eigenvalue weighted by Gasteiger charge is 2.31. The Kier molecular flexibility index (Phi) is 6.19. The van der Waals surface area contributed by atoms with Gasteiger partial charge in [0.2, 0.25) is 5.91 Å². The molecule has 1 heterocycles. The molecule has 2 N–H and O–H groups in total. The van der Waals surface area contributed by atoms with Crippen molar-refractivity contribution in [1.29, 1.82) is 0 Å². The van der Waals surface area contributed by atoms with Gasteiger partial charge >= 0.3 is 0 Å². The highest BCUT2D eigenvalue weighted by Crippen LogP contribution is 2.24.